The Morgan fingerprint density at radius 3 is 2.56 bits per heavy atom. The van der Waals surface area contributed by atoms with E-state index >= 15 is 0 Å². The van der Waals surface area contributed by atoms with Gasteiger partial charge in [0.05, 0.1) is 18.3 Å². The van der Waals surface area contributed by atoms with Crippen molar-refractivity contribution < 1.29 is 4.74 Å². The molecule has 0 aliphatic carbocycles. The lowest BCUT2D eigenvalue weighted by Crippen LogP contribution is -2.24. The van der Waals surface area contributed by atoms with Crippen LogP contribution in [0.15, 0.2) is 53.3 Å². The molecule has 1 fully saturated rings. The first kappa shape index (κ1) is 15.9. The molecule has 2 heterocycles. The Kier molecular flexibility index (Phi) is 4.28. The fourth-order valence-corrected chi connectivity index (χ4v) is 3.60. The summed E-state index contributed by atoms with van der Waals surface area (Å²) in [6, 6.07) is 15.7. The summed E-state index contributed by atoms with van der Waals surface area (Å²) in [4.78, 5) is 19.1. The first-order valence-corrected chi connectivity index (χ1v) is 8.77. The molecule has 3 aromatic rings. The van der Waals surface area contributed by atoms with Gasteiger partial charge in [-0.25, -0.2) is 0 Å². The maximum atomic E-state index is 13.3. The number of H-pyrrole nitrogens is 1. The van der Waals surface area contributed by atoms with Gasteiger partial charge in [-0.2, -0.15) is 0 Å². The van der Waals surface area contributed by atoms with Crippen LogP contribution in [0.4, 0.5) is 0 Å². The zero-order chi connectivity index (χ0) is 17.2. The number of likely N-dealkylation sites (tertiary alicyclic amines) is 1. The number of benzene rings is 2. The second-order valence-electron chi connectivity index (χ2n) is 6.57. The van der Waals surface area contributed by atoms with Crippen molar-refractivity contribution in [2.75, 3.05) is 20.2 Å². The minimum atomic E-state index is 0.0957. The highest BCUT2D eigenvalue weighted by Crippen LogP contribution is 2.26. The summed E-state index contributed by atoms with van der Waals surface area (Å²) in [5.41, 5.74) is 3.75. The van der Waals surface area contributed by atoms with Crippen LogP contribution in [0.5, 0.6) is 5.75 Å². The van der Waals surface area contributed by atoms with Gasteiger partial charge in [0, 0.05) is 17.5 Å². The zero-order valence-corrected chi connectivity index (χ0v) is 14.4. The quantitative estimate of drug-likeness (QED) is 0.789. The molecule has 2 aromatic carbocycles. The number of pyridine rings is 1. The van der Waals surface area contributed by atoms with E-state index in [1.807, 2.05) is 48.5 Å². The van der Waals surface area contributed by atoms with Crippen molar-refractivity contribution in [2.45, 2.75) is 19.4 Å². The molecule has 0 bridgehead atoms. The SMILES string of the molecule is COc1ccc2[nH]c(-c3ccccc3)c(CN3CCCC3)c(=O)c2c1. The van der Waals surface area contributed by atoms with Gasteiger partial charge < -0.3 is 9.72 Å². The highest BCUT2D eigenvalue weighted by Gasteiger charge is 2.19. The Morgan fingerprint density at radius 2 is 1.84 bits per heavy atom. The lowest BCUT2D eigenvalue weighted by Gasteiger charge is -2.18. The molecule has 4 rings (SSSR count). The van der Waals surface area contributed by atoms with Gasteiger partial charge in [0.15, 0.2) is 5.43 Å². The van der Waals surface area contributed by atoms with Crippen LogP contribution in [-0.4, -0.2) is 30.1 Å². The topological polar surface area (TPSA) is 45.3 Å². The number of rotatable bonds is 4. The maximum absolute atomic E-state index is 13.3. The Labute approximate surface area is 147 Å². The number of aromatic amines is 1. The Hall–Kier alpha value is -2.59. The first-order valence-electron chi connectivity index (χ1n) is 8.77. The van der Waals surface area contributed by atoms with Crippen LogP contribution in [0.3, 0.4) is 0 Å². The standard InChI is InChI=1S/C21H22N2O2/c1-25-16-9-10-19-17(13-16)21(24)18(14-23-11-5-6-12-23)20(22-19)15-7-3-2-4-8-15/h2-4,7-10,13H,5-6,11-12,14H2,1H3,(H,22,24). The normalized spacial score (nSPS) is 14.9. The molecule has 25 heavy (non-hydrogen) atoms. The number of hydrogen-bond acceptors (Lipinski definition) is 3. The highest BCUT2D eigenvalue weighted by atomic mass is 16.5. The van der Waals surface area contributed by atoms with Gasteiger partial charge in [-0.3, -0.25) is 9.69 Å². The van der Waals surface area contributed by atoms with Crippen molar-refractivity contribution in [1.82, 2.24) is 9.88 Å². The largest absolute Gasteiger partial charge is 0.497 e. The van der Waals surface area contributed by atoms with E-state index in [1.165, 1.54) is 12.8 Å². The van der Waals surface area contributed by atoms with E-state index in [0.29, 0.717) is 17.7 Å². The number of aromatic nitrogens is 1. The maximum Gasteiger partial charge on any atom is 0.194 e. The summed E-state index contributed by atoms with van der Waals surface area (Å²) < 4.78 is 5.30. The third kappa shape index (κ3) is 3.05. The number of nitrogens with zero attached hydrogens (tertiary/aromatic N) is 1. The molecule has 1 aliphatic heterocycles. The summed E-state index contributed by atoms with van der Waals surface area (Å²) in [6.07, 6.45) is 2.42. The molecule has 1 aromatic heterocycles. The van der Waals surface area contributed by atoms with Crippen molar-refractivity contribution in [3.05, 3.63) is 64.3 Å². The summed E-state index contributed by atoms with van der Waals surface area (Å²) in [5, 5.41) is 0.688. The number of methoxy groups -OCH3 is 1. The molecule has 0 unspecified atom stereocenters. The van der Waals surface area contributed by atoms with Crippen molar-refractivity contribution in [2.24, 2.45) is 0 Å². The van der Waals surface area contributed by atoms with Gasteiger partial charge in [0.1, 0.15) is 5.75 Å². The average Bonchev–Trinajstić information content (AvgIpc) is 3.17. The lowest BCUT2D eigenvalue weighted by atomic mass is 10.0. The molecule has 4 heteroatoms. The molecule has 1 aliphatic rings. The molecule has 4 nitrogen and oxygen atoms in total. The van der Waals surface area contributed by atoms with Crippen LogP contribution in [0.25, 0.3) is 22.2 Å². The Morgan fingerprint density at radius 1 is 1.08 bits per heavy atom. The third-order valence-electron chi connectivity index (χ3n) is 4.95. The first-order chi connectivity index (χ1) is 12.3. The fourth-order valence-electron chi connectivity index (χ4n) is 3.60. The van der Waals surface area contributed by atoms with Crippen LogP contribution in [0, 0.1) is 0 Å². The predicted octanol–water partition coefficient (Wildman–Crippen LogP) is 3.80. The molecule has 0 radical (unpaired) electrons. The predicted molar refractivity (Wildman–Crippen MR) is 101 cm³/mol. The van der Waals surface area contributed by atoms with E-state index < -0.39 is 0 Å². The van der Waals surface area contributed by atoms with Crippen LogP contribution in [0.2, 0.25) is 0 Å². The Bertz CT molecular complexity index is 941. The zero-order valence-electron chi connectivity index (χ0n) is 14.4. The van der Waals surface area contributed by atoms with Crippen molar-refractivity contribution in [1.29, 1.82) is 0 Å². The fraction of sp³-hybridized carbons (Fsp3) is 0.286. The average molecular weight is 334 g/mol. The summed E-state index contributed by atoms with van der Waals surface area (Å²) in [5.74, 6) is 0.706. The van der Waals surface area contributed by atoms with Crippen molar-refractivity contribution >= 4 is 10.9 Å². The summed E-state index contributed by atoms with van der Waals surface area (Å²) >= 11 is 0. The number of fused-ring (bicyclic) bond motifs is 1. The Balaban J connectivity index is 1.93. The summed E-state index contributed by atoms with van der Waals surface area (Å²) in [6.45, 7) is 2.81. The van der Waals surface area contributed by atoms with Gasteiger partial charge in [0.2, 0.25) is 0 Å². The molecular weight excluding hydrogens is 312 g/mol. The molecule has 0 spiro atoms. The van der Waals surface area contributed by atoms with Crippen molar-refractivity contribution in [3.63, 3.8) is 0 Å². The van der Waals surface area contributed by atoms with E-state index in [-0.39, 0.29) is 5.43 Å². The summed E-state index contributed by atoms with van der Waals surface area (Å²) in [7, 11) is 1.62. The van der Waals surface area contributed by atoms with E-state index in [0.717, 1.165) is 35.4 Å². The van der Waals surface area contributed by atoms with Crippen molar-refractivity contribution in [3.8, 4) is 17.0 Å². The van der Waals surface area contributed by atoms with Crippen LogP contribution in [-0.2, 0) is 6.54 Å². The molecule has 1 N–H and O–H groups in total. The van der Waals surface area contributed by atoms with Gasteiger partial charge in [-0.15, -0.1) is 0 Å². The smallest absolute Gasteiger partial charge is 0.194 e. The molecule has 128 valence electrons. The minimum absolute atomic E-state index is 0.0957. The highest BCUT2D eigenvalue weighted by molar-refractivity contribution is 5.84. The third-order valence-corrected chi connectivity index (χ3v) is 4.95. The molecular formula is C21H22N2O2. The van der Waals surface area contributed by atoms with E-state index in [9.17, 15) is 4.79 Å². The van der Waals surface area contributed by atoms with Gasteiger partial charge in [0.25, 0.3) is 0 Å². The minimum Gasteiger partial charge on any atom is -0.497 e. The lowest BCUT2D eigenvalue weighted by molar-refractivity contribution is 0.331. The van der Waals surface area contributed by atoms with Gasteiger partial charge >= 0.3 is 0 Å². The molecule has 0 amide bonds. The van der Waals surface area contributed by atoms with Gasteiger partial charge in [-0.05, 0) is 49.7 Å². The molecule has 1 saturated heterocycles. The number of nitrogens with one attached hydrogen (secondary N) is 1. The second kappa shape index (κ2) is 6.73. The van der Waals surface area contributed by atoms with E-state index in [4.69, 9.17) is 4.74 Å². The second-order valence-corrected chi connectivity index (χ2v) is 6.57. The van der Waals surface area contributed by atoms with Gasteiger partial charge in [-0.1, -0.05) is 30.3 Å². The molecule has 0 saturated carbocycles. The number of ether oxygens (including phenoxy) is 1. The van der Waals surface area contributed by atoms with Crippen LogP contribution in [0.1, 0.15) is 18.4 Å². The monoisotopic (exact) mass is 334 g/mol. The van der Waals surface area contributed by atoms with E-state index in [2.05, 4.69) is 9.88 Å². The molecule has 0 atom stereocenters. The number of hydrogen-bond donors (Lipinski definition) is 1. The van der Waals surface area contributed by atoms with Crippen LogP contribution >= 0.6 is 0 Å². The van der Waals surface area contributed by atoms with E-state index in [1.54, 1.807) is 7.11 Å². The van der Waals surface area contributed by atoms with Crippen LogP contribution < -0.4 is 10.2 Å².